The summed E-state index contributed by atoms with van der Waals surface area (Å²) >= 11 is 0. The zero-order valence-electron chi connectivity index (χ0n) is 25.8. The molecule has 0 aliphatic carbocycles. The minimum atomic E-state index is -0.882. The van der Waals surface area contributed by atoms with E-state index in [4.69, 9.17) is 9.15 Å². The van der Waals surface area contributed by atoms with Crippen LogP contribution in [0.1, 0.15) is 62.3 Å². The number of aliphatic hydroxyl groups is 2. The Hall–Kier alpha value is -4.05. The van der Waals surface area contributed by atoms with Gasteiger partial charge in [0.05, 0.1) is 6.10 Å². The predicted molar refractivity (Wildman–Crippen MR) is 171 cm³/mol. The van der Waals surface area contributed by atoms with Crippen molar-refractivity contribution in [2.75, 3.05) is 13.7 Å². The number of hydrogen-bond donors (Lipinski definition) is 6. The third kappa shape index (κ3) is 7.53. The van der Waals surface area contributed by atoms with Crippen LogP contribution in [0.2, 0.25) is 0 Å². The molecule has 44 heavy (non-hydrogen) atoms. The molecular weight excluding hydrogens is 562 g/mol. The largest absolute Gasteiger partial charge is 0.508 e. The lowest BCUT2D eigenvalue weighted by Gasteiger charge is -2.24. The van der Waals surface area contributed by atoms with Crippen LogP contribution >= 0.6 is 0 Å². The van der Waals surface area contributed by atoms with Gasteiger partial charge in [0.2, 0.25) is 11.2 Å². The van der Waals surface area contributed by atoms with E-state index in [1.165, 1.54) is 12.1 Å². The van der Waals surface area contributed by atoms with Gasteiger partial charge in [-0.3, -0.25) is 4.79 Å². The molecule has 0 aliphatic rings. The molecular formula is C35H43NO8. The van der Waals surface area contributed by atoms with Crippen LogP contribution in [0, 0.1) is 5.92 Å². The summed E-state index contributed by atoms with van der Waals surface area (Å²) in [7, 11) is 1.88. The maximum atomic E-state index is 13.7. The lowest BCUT2D eigenvalue weighted by molar-refractivity contribution is 0.0262. The Bertz CT molecular complexity index is 1640. The molecule has 1 heterocycles. The maximum absolute atomic E-state index is 13.7. The number of rotatable bonds is 14. The molecule has 0 saturated heterocycles. The number of phenolic OH excluding ortho intramolecular Hbond substituents is 2. The average molecular weight is 606 g/mol. The van der Waals surface area contributed by atoms with Gasteiger partial charge in [-0.05, 0) is 73.0 Å². The van der Waals surface area contributed by atoms with Crippen molar-refractivity contribution in [3.05, 3.63) is 81.0 Å². The predicted octanol–water partition coefficient (Wildman–Crippen LogP) is 5.38. The molecule has 0 amide bonds. The number of ether oxygens (including phenoxy) is 1. The fraction of sp³-hybridized carbons (Fsp3) is 0.400. The number of fused-ring (bicyclic) bond motifs is 1. The van der Waals surface area contributed by atoms with Crippen LogP contribution in [-0.4, -0.2) is 51.4 Å². The second-order valence-electron chi connectivity index (χ2n) is 11.7. The molecule has 0 bridgehead atoms. The summed E-state index contributed by atoms with van der Waals surface area (Å²) in [5, 5.41) is 55.9. The molecule has 3 aromatic carbocycles. The van der Waals surface area contributed by atoms with E-state index in [2.05, 4.69) is 11.4 Å². The summed E-state index contributed by atoms with van der Waals surface area (Å²) in [5.41, 5.74) is 2.99. The first-order valence-corrected chi connectivity index (χ1v) is 15.1. The van der Waals surface area contributed by atoms with Crippen LogP contribution in [0.4, 0.5) is 0 Å². The number of aliphatic hydroxyl groups excluding tert-OH is 2. The van der Waals surface area contributed by atoms with Gasteiger partial charge in [0.25, 0.3) is 0 Å². The first-order chi connectivity index (χ1) is 21.1. The van der Waals surface area contributed by atoms with Crippen LogP contribution in [0.25, 0.3) is 22.3 Å². The normalized spacial score (nSPS) is 13.0. The van der Waals surface area contributed by atoms with E-state index in [0.29, 0.717) is 55.3 Å². The standard InChI is InChI=1S/C35H43NO8/c1-5-27(39)28(10-7-11-37)43-29-17-26(38)18-30-31(29)33(41)34(42)35(44-30)25-15-23(12-20(2)3)32(40)24(16-25)14-21-8-6-9-22(13-21)19-36-4/h6,8-9,13,15-18,20,27-28,36-40,42H,5,7,10-12,14,19H2,1-4H3. The molecule has 0 spiro atoms. The number of phenols is 2. The molecule has 4 rings (SSSR count). The molecule has 6 N–H and O–H groups in total. The number of hydrogen-bond acceptors (Lipinski definition) is 9. The molecule has 9 heteroatoms. The molecule has 0 aliphatic heterocycles. The minimum Gasteiger partial charge on any atom is -0.508 e. The Morgan fingerprint density at radius 2 is 1.70 bits per heavy atom. The lowest BCUT2D eigenvalue weighted by atomic mass is 9.92. The highest BCUT2D eigenvalue weighted by molar-refractivity contribution is 5.88. The zero-order chi connectivity index (χ0) is 32.0. The Kier molecular flexibility index (Phi) is 10.9. The van der Waals surface area contributed by atoms with Gasteiger partial charge in [-0.15, -0.1) is 0 Å². The van der Waals surface area contributed by atoms with E-state index in [9.17, 15) is 30.3 Å². The number of benzene rings is 3. The second kappa shape index (κ2) is 14.6. The highest BCUT2D eigenvalue weighted by Gasteiger charge is 2.25. The van der Waals surface area contributed by atoms with Crippen molar-refractivity contribution in [2.45, 2.75) is 71.6 Å². The van der Waals surface area contributed by atoms with Gasteiger partial charge in [0.15, 0.2) is 5.76 Å². The van der Waals surface area contributed by atoms with Crippen molar-refractivity contribution < 1.29 is 34.7 Å². The van der Waals surface area contributed by atoms with Crippen LogP contribution < -0.4 is 15.5 Å². The number of nitrogens with one attached hydrogen (secondary N) is 1. The Balaban J connectivity index is 1.85. The van der Waals surface area contributed by atoms with Crippen molar-refractivity contribution in [1.82, 2.24) is 5.32 Å². The van der Waals surface area contributed by atoms with Crippen LogP contribution in [0.5, 0.6) is 23.0 Å². The first kappa shape index (κ1) is 32.9. The van der Waals surface area contributed by atoms with Crippen LogP contribution in [0.3, 0.4) is 0 Å². The smallest absolute Gasteiger partial charge is 0.238 e. The van der Waals surface area contributed by atoms with Gasteiger partial charge < -0.3 is 40.0 Å². The molecule has 0 saturated carbocycles. The van der Waals surface area contributed by atoms with Crippen LogP contribution in [0.15, 0.2) is 57.7 Å². The third-order valence-electron chi connectivity index (χ3n) is 7.62. The SMILES string of the molecule is CCC(O)C(CCCO)Oc1cc(O)cc2oc(-c3cc(Cc4cccc(CNC)c4)c(O)c(CC(C)C)c3)c(O)c(=O)c12. The van der Waals surface area contributed by atoms with E-state index in [0.717, 1.165) is 11.1 Å². The Morgan fingerprint density at radius 1 is 0.977 bits per heavy atom. The van der Waals surface area contributed by atoms with Gasteiger partial charge in [0.1, 0.15) is 34.3 Å². The molecule has 0 radical (unpaired) electrons. The summed E-state index contributed by atoms with van der Waals surface area (Å²) in [6, 6.07) is 14.0. The van der Waals surface area contributed by atoms with Gasteiger partial charge in [-0.1, -0.05) is 45.0 Å². The van der Waals surface area contributed by atoms with Gasteiger partial charge >= 0.3 is 0 Å². The van der Waals surface area contributed by atoms with E-state index < -0.39 is 23.4 Å². The Labute approximate surface area is 257 Å². The van der Waals surface area contributed by atoms with E-state index in [1.54, 1.807) is 19.1 Å². The Morgan fingerprint density at radius 3 is 2.39 bits per heavy atom. The monoisotopic (exact) mass is 605 g/mol. The van der Waals surface area contributed by atoms with Crippen molar-refractivity contribution >= 4 is 11.0 Å². The summed E-state index contributed by atoms with van der Waals surface area (Å²) in [6.45, 7) is 6.46. The van der Waals surface area contributed by atoms with Gasteiger partial charge in [0, 0.05) is 37.3 Å². The fourth-order valence-electron chi connectivity index (χ4n) is 5.49. The molecule has 1 aromatic heterocycles. The molecule has 2 unspecified atom stereocenters. The van der Waals surface area contributed by atoms with Crippen molar-refractivity contribution in [1.29, 1.82) is 0 Å². The van der Waals surface area contributed by atoms with E-state index in [1.807, 2.05) is 39.1 Å². The molecule has 4 aromatic rings. The average Bonchev–Trinajstić information content (AvgIpc) is 2.98. The third-order valence-corrected chi connectivity index (χ3v) is 7.62. The fourth-order valence-corrected chi connectivity index (χ4v) is 5.49. The molecule has 9 nitrogen and oxygen atoms in total. The van der Waals surface area contributed by atoms with Gasteiger partial charge in [-0.2, -0.15) is 0 Å². The number of aromatic hydroxyl groups is 3. The van der Waals surface area contributed by atoms with Crippen LogP contribution in [-0.2, 0) is 19.4 Å². The van der Waals surface area contributed by atoms with Crippen molar-refractivity contribution in [3.63, 3.8) is 0 Å². The highest BCUT2D eigenvalue weighted by atomic mass is 16.5. The molecule has 0 fully saturated rings. The molecule has 236 valence electrons. The lowest BCUT2D eigenvalue weighted by Crippen LogP contribution is -2.31. The summed E-state index contributed by atoms with van der Waals surface area (Å²) < 4.78 is 12.1. The summed E-state index contributed by atoms with van der Waals surface area (Å²) in [6.07, 6.45) is 0.372. The first-order valence-electron chi connectivity index (χ1n) is 15.1. The zero-order valence-corrected chi connectivity index (χ0v) is 25.8. The summed E-state index contributed by atoms with van der Waals surface area (Å²) in [5.74, 6) is -0.638. The van der Waals surface area contributed by atoms with Crippen molar-refractivity contribution in [2.24, 2.45) is 5.92 Å². The quantitative estimate of drug-likeness (QED) is 0.111. The minimum absolute atomic E-state index is 0.00972. The van der Waals surface area contributed by atoms with E-state index >= 15 is 0 Å². The molecule has 2 atom stereocenters. The van der Waals surface area contributed by atoms with Gasteiger partial charge in [-0.25, -0.2) is 0 Å². The van der Waals surface area contributed by atoms with E-state index in [-0.39, 0.29) is 46.5 Å². The maximum Gasteiger partial charge on any atom is 0.238 e. The topological polar surface area (TPSA) is 153 Å². The highest BCUT2D eigenvalue weighted by Crippen LogP contribution is 2.39. The summed E-state index contributed by atoms with van der Waals surface area (Å²) in [4.78, 5) is 13.7. The second-order valence-corrected chi connectivity index (χ2v) is 11.7. The van der Waals surface area contributed by atoms with Crippen molar-refractivity contribution in [3.8, 4) is 34.3 Å².